The van der Waals surface area contributed by atoms with Crippen molar-refractivity contribution in [3.8, 4) is 17.1 Å². The molecule has 2 aromatic heterocycles. The number of benzene rings is 2. The first kappa shape index (κ1) is 32.1. The lowest BCUT2D eigenvalue weighted by molar-refractivity contribution is -0.384. The minimum absolute atomic E-state index is 0.114. The van der Waals surface area contributed by atoms with E-state index in [1.165, 1.54) is 34.1 Å². The van der Waals surface area contributed by atoms with Crippen molar-refractivity contribution in [2.75, 3.05) is 13.2 Å². The van der Waals surface area contributed by atoms with Crippen molar-refractivity contribution < 1.29 is 23.6 Å². The third-order valence-electron chi connectivity index (χ3n) is 6.50. The first-order chi connectivity index (χ1) is 21.0. The molecule has 0 radical (unpaired) electrons. The molecule has 0 unspecified atom stereocenters. The van der Waals surface area contributed by atoms with Gasteiger partial charge in [-0.25, -0.2) is 9.79 Å². The van der Waals surface area contributed by atoms with E-state index in [2.05, 4.69) is 56.8 Å². The van der Waals surface area contributed by atoms with Crippen molar-refractivity contribution in [3.05, 3.63) is 120 Å². The largest absolute Gasteiger partial charge is 0.487 e. The predicted molar refractivity (Wildman–Crippen MR) is 184 cm³/mol. The van der Waals surface area contributed by atoms with Gasteiger partial charge in [0, 0.05) is 17.7 Å². The molecule has 0 fully saturated rings. The lowest BCUT2D eigenvalue weighted by Crippen LogP contribution is -2.39. The molecule has 1 aliphatic heterocycles. The number of fused-ring (bicyclic) bond motifs is 1. The zero-order chi connectivity index (χ0) is 31.7. The molecular weight excluding hydrogens is 836 g/mol. The molecule has 5 rings (SSSR count). The fraction of sp³-hybridized carbons (Fsp3) is 0.167. The van der Waals surface area contributed by atoms with E-state index >= 15 is 0 Å². The number of furan rings is 1. The van der Waals surface area contributed by atoms with Crippen LogP contribution in [0.2, 0.25) is 5.02 Å². The Morgan fingerprint density at radius 2 is 1.98 bits per heavy atom. The van der Waals surface area contributed by atoms with Gasteiger partial charge in [0.2, 0.25) is 0 Å². The van der Waals surface area contributed by atoms with Crippen LogP contribution in [0.15, 0.2) is 80.6 Å². The SMILES string of the molecule is C=CCOc1c(I)cc(/C=c2\sc3n(c2=O)[C@@H](c2ccc(-c4cc([N+](=O)[O-])ccc4Cl)o2)C(C(=O)OCC)=C(C)N=3)cc1I. The number of rotatable bonds is 9. The number of hydrogen-bond acceptors (Lipinski definition) is 9. The summed E-state index contributed by atoms with van der Waals surface area (Å²) in [5.41, 5.74) is 1.06. The number of esters is 1. The van der Waals surface area contributed by atoms with E-state index in [-0.39, 0.29) is 40.0 Å². The van der Waals surface area contributed by atoms with Gasteiger partial charge >= 0.3 is 5.97 Å². The summed E-state index contributed by atoms with van der Waals surface area (Å²) >= 11 is 11.9. The first-order valence-corrected chi connectivity index (χ1v) is 16.4. The average molecular weight is 858 g/mol. The Morgan fingerprint density at radius 3 is 2.64 bits per heavy atom. The number of ether oxygens (including phenoxy) is 2. The molecule has 1 atom stereocenters. The highest BCUT2D eigenvalue weighted by Crippen LogP contribution is 2.37. The molecule has 0 amide bonds. The van der Waals surface area contributed by atoms with Gasteiger partial charge in [0.25, 0.3) is 11.2 Å². The van der Waals surface area contributed by atoms with Crippen LogP contribution in [0.3, 0.4) is 0 Å². The Balaban J connectivity index is 1.66. The molecule has 2 aromatic carbocycles. The standard InChI is InChI=1S/C30H22ClI2N3O7S/c1-4-10-42-27-20(32)11-16(12-21(27)33)13-24-28(37)35-26(25(29(38)41-5-2)15(3)34-30(35)44-24)23-9-8-22(43-23)18-14-17(36(39)40)6-7-19(18)31/h4,6-9,11-14,26H,1,5,10H2,2-3H3/b24-13-/t26-/m0/s1. The number of carbonyl (C=O) groups is 1. The van der Waals surface area contributed by atoms with Crippen molar-refractivity contribution >= 4 is 85.9 Å². The molecule has 0 spiro atoms. The lowest BCUT2D eigenvalue weighted by Gasteiger charge is -2.22. The van der Waals surface area contributed by atoms with Crippen LogP contribution >= 0.6 is 68.1 Å². The maximum Gasteiger partial charge on any atom is 0.338 e. The van der Waals surface area contributed by atoms with Gasteiger partial charge in [0.05, 0.1) is 39.5 Å². The van der Waals surface area contributed by atoms with Crippen molar-refractivity contribution in [3.63, 3.8) is 0 Å². The molecule has 226 valence electrons. The number of allylic oxidation sites excluding steroid dienone is 1. The summed E-state index contributed by atoms with van der Waals surface area (Å²) < 4.78 is 20.8. The summed E-state index contributed by atoms with van der Waals surface area (Å²) in [6.45, 7) is 7.53. The number of halogens is 3. The third-order valence-corrected chi connectivity index (χ3v) is 9.42. The zero-order valence-electron chi connectivity index (χ0n) is 23.1. The van der Waals surface area contributed by atoms with Crippen molar-refractivity contribution in [1.29, 1.82) is 0 Å². The van der Waals surface area contributed by atoms with Crippen LogP contribution < -0.4 is 19.6 Å². The molecule has 4 aromatic rings. The minimum Gasteiger partial charge on any atom is -0.487 e. The Bertz CT molecular complexity index is 2020. The molecule has 0 aliphatic carbocycles. The Hall–Kier alpha value is -3.28. The van der Waals surface area contributed by atoms with Crippen LogP contribution in [-0.2, 0) is 9.53 Å². The highest BCUT2D eigenvalue weighted by molar-refractivity contribution is 14.1. The topological polar surface area (TPSA) is 126 Å². The van der Waals surface area contributed by atoms with Crippen molar-refractivity contribution in [1.82, 2.24) is 4.57 Å². The van der Waals surface area contributed by atoms with Crippen LogP contribution in [0.5, 0.6) is 5.75 Å². The van der Waals surface area contributed by atoms with Gasteiger partial charge in [-0.05, 0) is 101 Å². The summed E-state index contributed by atoms with van der Waals surface area (Å²) in [5, 5.41) is 11.6. The number of nitrogens with zero attached hydrogens (tertiary/aromatic N) is 3. The normalized spacial score (nSPS) is 14.7. The molecule has 3 heterocycles. The lowest BCUT2D eigenvalue weighted by atomic mass is 10.0. The second kappa shape index (κ2) is 13.4. The number of non-ortho nitro benzene ring substituents is 1. The maximum atomic E-state index is 14.0. The zero-order valence-corrected chi connectivity index (χ0v) is 29.0. The van der Waals surface area contributed by atoms with Crippen LogP contribution in [0, 0.1) is 17.3 Å². The Labute approximate surface area is 286 Å². The monoisotopic (exact) mass is 857 g/mol. The van der Waals surface area contributed by atoms with E-state index in [1.807, 2.05) is 12.1 Å². The molecule has 10 nitrogen and oxygen atoms in total. The number of carbonyl (C=O) groups excluding carboxylic acids is 1. The third kappa shape index (κ3) is 6.27. The fourth-order valence-corrected chi connectivity index (χ4v) is 8.00. The summed E-state index contributed by atoms with van der Waals surface area (Å²) in [5.74, 6) is 0.562. The molecule has 44 heavy (non-hydrogen) atoms. The van der Waals surface area contributed by atoms with E-state index in [1.54, 1.807) is 38.1 Å². The van der Waals surface area contributed by atoms with Crippen LogP contribution in [0.1, 0.15) is 31.2 Å². The van der Waals surface area contributed by atoms with Gasteiger partial charge in [-0.1, -0.05) is 35.6 Å². The molecule has 0 bridgehead atoms. The van der Waals surface area contributed by atoms with E-state index in [4.69, 9.17) is 25.5 Å². The average Bonchev–Trinajstić information content (AvgIpc) is 3.57. The molecule has 14 heteroatoms. The number of thiazole rings is 1. The number of nitro groups is 1. The first-order valence-electron chi connectivity index (χ1n) is 13.0. The second-order valence-electron chi connectivity index (χ2n) is 9.34. The Morgan fingerprint density at radius 1 is 1.25 bits per heavy atom. The van der Waals surface area contributed by atoms with Gasteiger partial charge in [-0.15, -0.1) is 0 Å². The van der Waals surface area contributed by atoms with Gasteiger partial charge in [0.1, 0.15) is 29.9 Å². The number of aromatic nitrogens is 1. The second-order valence-corrected chi connectivity index (χ2v) is 13.1. The smallest absolute Gasteiger partial charge is 0.338 e. The summed E-state index contributed by atoms with van der Waals surface area (Å²) in [6, 6.07) is 10.0. The molecular formula is C30H22ClI2N3O7S. The maximum absolute atomic E-state index is 14.0. The summed E-state index contributed by atoms with van der Waals surface area (Å²) in [7, 11) is 0. The molecule has 0 saturated carbocycles. The quantitative estimate of drug-likeness (QED) is 0.0628. The van der Waals surface area contributed by atoms with Crippen LogP contribution in [0.25, 0.3) is 17.4 Å². The van der Waals surface area contributed by atoms with Gasteiger partial charge in [-0.2, -0.15) is 0 Å². The van der Waals surface area contributed by atoms with E-state index < -0.39 is 16.9 Å². The Kier molecular flexibility index (Phi) is 9.77. The molecule has 1 aliphatic rings. The number of nitro benzene ring substituents is 1. The highest BCUT2D eigenvalue weighted by Gasteiger charge is 2.35. The highest BCUT2D eigenvalue weighted by atomic mass is 127. The van der Waals surface area contributed by atoms with E-state index in [9.17, 15) is 19.7 Å². The predicted octanol–water partition coefficient (Wildman–Crippen LogP) is 6.39. The minimum atomic E-state index is -1.01. The van der Waals surface area contributed by atoms with Crippen LogP contribution in [0.4, 0.5) is 5.69 Å². The van der Waals surface area contributed by atoms with Crippen molar-refractivity contribution in [2.24, 2.45) is 4.99 Å². The summed E-state index contributed by atoms with van der Waals surface area (Å²) in [4.78, 5) is 43.0. The van der Waals surface area contributed by atoms with E-state index in [0.717, 1.165) is 18.5 Å². The van der Waals surface area contributed by atoms with Crippen LogP contribution in [-0.4, -0.2) is 28.7 Å². The fourth-order valence-electron chi connectivity index (χ4n) is 4.62. The van der Waals surface area contributed by atoms with Gasteiger partial charge in [0.15, 0.2) is 4.80 Å². The van der Waals surface area contributed by atoms with Gasteiger partial charge < -0.3 is 13.9 Å². The molecule has 0 N–H and O–H groups in total. The molecule has 0 saturated heterocycles. The van der Waals surface area contributed by atoms with Crippen molar-refractivity contribution in [2.45, 2.75) is 19.9 Å². The van der Waals surface area contributed by atoms with Gasteiger partial charge in [-0.3, -0.25) is 19.5 Å². The van der Waals surface area contributed by atoms with E-state index in [0.29, 0.717) is 27.2 Å². The summed E-state index contributed by atoms with van der Waals surface area (Å²) in [6.07, 6.45) is 3.44. The number of hydrogen-bond donors (Lipinski definition) is 0.